The lowest BCUT2D eigenvalue weighted by Crippen LogP contribution is -2.63. The van der Waals surface area contributed by atoms with Gasteiger partial charge in [-0.05, 0) is 34.0 Å². The van der Waals surface area contributed by atoms with Gasteiger partial charge in [0.2, 0.25) is 0 Å². The normalized spacial score (nSPS) is 16.0. The molecule has 0 unspecified atom stereocenters. The zero-order valence-corrected chi connectivity index (χ0v) is 12.7. The lowest BCUT2D eigenvalue weighted by atomic mass is 10.1. The van der Waals surface area contributed by atoms with Crippen LogP contribution in [-0.4, -0.2) is 53.1 Å². The molecule has 0 amide bonds. The van der Waals surface area contributed by atoms with Crippen LogP contribution < -0.4 is 26.6 Å². The summed E-state index contributed by atoms with van der Waals surface area (Å²) in [6, 6.07) is 0. The molecule has 1 fully saturated rings. The summed E-state index contributed by atoms with van der Waals surface area (Å²) < 4.78 is 0. The van der Waals surface area contributed by atoms with Gasteiger partial charge in [0.05, 0.1) is 0 Å². The Kier molecular flexibility index (Phi) is 11.7. The zero-order chi connectivity index (χ0) is 13.7. The molecule has 0 aromatic heterocycles. The van der Waals surface area contributed by atoms with E-state index in [4.69, 9.17) is 0 Å². The van der Waals surface area contributed by atoms with Gasteiger partial charge in [0.1, 0.15) is 5.79 Å². The molecule has 1 aliphatic rings. The third kappa shape index (κ3) is 8.00. The van der Waals surface area contributed by atoms with Crippen LogP contribution in [0, 0.1) is 0 Å². The van der Waals surface area contributed by atoms with E-state index in [0.717, 1.165) is 32.6 Å². The van der Waals surface area contributed by atoms with Gasteiger partial charge in [0.25, 0.3) is 0 Å². The molecule has 5 heteroatoms. The average Bonchev–Trinajstić information content (AvgIpc) is 2.47. The summed E-state index contributed by atoms with van der Waals surface area (Å²) in [4.78, 5) is 0. The summed E-state index contributed by atoms with van der Waals surface area (Å²) in [7, 11) is 5.91. The molecule has 5 N–H and O–H groups in total. The van der Waals surface area contributed by atoms with Gasteiger partial charge in [-0.3, -0.25) is 16.0 Å². The minimum atomic E-state index is -0.0742. The summed E-state index contributed by atoms with van der Waals surface area (Å²) >= 11 is 0. The lowest BCUT2D eigenvalue weighted by molar-refractivity contribution is 0.220. The molecular weight excluding hydrogens is 226 g/mol. The van der Waals surface area contributed by atoms with Crippen molar-refractivity contribution in [2.75, 3.05) is 47.3 Å². The Morgan fingerprint density at radius 3 is 1.56 bits per heavy atom. The third-order valence-electron chi connectivity index (χ3n) is 3.39. The molecule has 0 atom stereocenters. The highest BCUT2D eigenvalue weighted by Crippen LogP contribution is 2.07. The average molecular weight is 259 g/mol. The smallest absolute Gasteiger partial charge is 0.122 e. The Morgan fingerprint density at radius 1 is 0.833 bits per heavy atom. The summed E-state index contributed by atoms with van der Waals surface area (Å²) in [5, 5.41) is 16.2. The molecule has 0 aliphatic carbocycles. The monoisotopic (exact) mass is 259 g/mol. The molecule has 5 nitrogen and oxygen atoms in total. The van der Waals surface area contributed by atoms with Gasteiger partial charge in [-0.1, -0.05) is 19.8 Å². The summed E-state index contributed by atoms with van der Waals surface area (Å²) in [5.74, 6) is -0.0742. The van der Waals surface area contributed by atoms with Crippen molar-refractivity contribution >= 4 is 0 Å². The maximum atomic E-state index is 3.25. The van der Waals surface area contributed by atoms with Gasteiger partial charge >= 0.3 is 0 Å². The highest BCUT2D eigenvalue weighted by atomic mass is 15.3. The molecular formula is C13H33N5. The van der Waals surface area contributed by atoms with Gasteiger partial charge in [0, 0.05) is 26.2 Å². The second kappa shape index (κ2) is 11.9. The summed E-state index contributed by atoms with van der Waals surface area (Å²) in [6.45, 7) is 6.78. The van der Waals surface area contributed by atoms with E-state index >= 15 is 0 Å². The number of unbranched alkanes of at least 4 members (excludes halogenated alkanes) is 2. The maximum Gasteiger partial charge on any atom is 0.122 e. The zero-order valence-electron chi connectivity index (χ0n) is 12.7. The fraction of sp³-hybridized carbons (Fsp3) is 1.00. The van der Waals surface area contributed by atoms with Crippen molar-refractivity contribution in [1.82, 2.24) is 26.6 Å². The van der Waals surface area contributed by atoms with E-state index in [2.05, 4.69) is 33.5 Å². The molecule has 18 heavy (non-hydrogen) atoms. The van der Waals surface area contributed by atoms with Crippen molar-refractivity contribution in [3.05, 3.63) is 0 Å². The van der Waals surface area contributed by atoms with Gasteiger partial charge in [0.15, 0.2) is 0 Å². The van der Waals surface area contributed by atoms with Crippen LogP contribution in [0.25, 0.3) is 0 Å². The molecule has 1 heterocycles. The fourth-order valence-electron chi connectivity index (χ4n) is 1.99. The maximum absolute atomic E-state index is 3.25. The molecule has 110 valence electrons. The highest BCUT2D eigenvalue weighted by molar-refractivity contribution is 4.77. The second-order valence-electron chi connectivity index (χ2n) is 4.61. The van der Waals surface area contributed by atoms with Crippen LogP contribution >= 0.6 is 0 Å². The van der Waals surface area contributed by atoms with E-state index in [1.165, 1.54) is 19.3 Å². The van der Waals surface area contributed by atoms with E-state index < -0.39 is 0 Å². The van der Waals surface area contributed by atoms with Gasteiger partial charge < -0.3 is 10.6 Å². The predicted octanol–water partition coefficient (Wildman–Crippen LogP) is 0.0579. The number of piperazine rings is 1. The molecule has 0 bridgehead atoms. The van der Waals surface area contributed by atoms with Crippen molar-refractivity contribution in [3.63, 3.8) is 0 Å². The Bertz CT molecular complexity index is 147. The fourth-order valence-corrected chi connectivity index (χ4v) is 1.99. The van der Waals surface area contributed by atoms with E-state index in [1.54, 1.807) is 0 Å². The number of nitrogens with one attached hydrogen (secondary N) is 5. The third-order valence-corrected chi connectivity index (χ3v) is 3.39. The van der Waals surface area contributed by atoms with E-state index in [-0.39, 0.29) is 5.79 Å². The predicted molar refractivity (Wildman–Crippen MR) is 79.8 cm³/mol. The van der Waals surface area contributed by atoms with Crippen molar-refractivity contribution in [1.29, 1.82) is 0 Å². The molecule has 1 rings (SSSR count). The Hall–Kier alpha value is -0.200. The molecule has 0 spiro atoms. The SMILES string of the molecule is C1CNCCN1.CCCCCC(NC)(NC)NC. The number of hydrogen-bond acceptors (Lipinski definition) is 5. The van der Waals surface area contributed by atoms with Crippen LogP contribution in [0.3, 0.4) is 0 Å². The van der Waals surface area contributed by atoms with Crippen LogP contribution in [0.15, 0.2) is 0 Å². The molecule has 1 aliphatic heterocycles. The van der Waals surface area contributed by atoms with Crippen LogP contribution in [0.2, 0.25) is 0 Å². The molecule has 0 radical (unpaired) electrons. The Morgan fingerprint density at radius 2 is 1.28 bits per heavy atom. The first-order valence-electron chi connectivity index (χ1n) is 7.22. The topological polar surface area (TPSA) is 60.1 Å². The largest absolute Gasteiger partial charge is 0.314 e. The second-order valence-corrected chi connectivity index (χ2v) is 4.61. The number of rotatable bonds is 7. The van der Waals surface area contributed by atoms with Crippen molar-refractivity contribution in [3.8, 4) is 0 Å². The van der Waals surface area contributed by atoms with Crippen molar-refractivity contribution < 1.29 is 0 Å². The van der Waals surface area contributed by atoms with Crippen LogP contribution in [0.4, 0.5) is 0 Å². The van der Waals surface area contributed by atoms with Gasteiger partial charge in [-0.15, -0.1) is 0 Å². The first-order chi connectivity index (χ1) is 8.74. The van der Waals surface area contributed by atoms with Crippen LogP contribution in [-0.2, 0) is 0 Å². The highest BCUT2D eigenvalue weighted by Gasteiger charge is 2.21. The van der Waals surface area contributed by atoms with Crippen molar-refractivity contribution in [2.45, 2.75) is 38.4 Å². The van der Waals surface area contributed by atoms with E-state index in [1.807, 2.05) is 21.1 Å². The Balaban J connectivity index is 0.000000397. The molecule has 0 aromatic rings. The first kappa shape index (κ1) is 17.8. The molecule has 1 saturated heterocycles. The molecule has 0 saturated carbocycles. The van der Waals surface area contributed by atoms with E-state index in [0.29, 0.717) is 0 Å². The standard InChI is InChI=1S/C9H23N3.C4H10N2/c1-5-6-7-8-9(10-2,11-3)12-4;1-2-6-4-3-5-1/h10-12H,5-8H2,1-4H3;5-6H,1-4H2. The lowest BCUT2D eigenvalue weighted by Gasteiger charge is -2.33. The number of hydrogen-bond donors (Lipinski definition) is 5. The van der Waals surface area contributed by atoms with Crippen LogP contribution in [0.1, 0.15) is 32.6 Å². The minimum absolute atomic E-state index is 0.0742. The Labute approximate surface area is 113 Å². The first-order valence-corrected chi connectivity index (χ1v) is 7.22. The van der Waals surface area contributed by atoms with Crippen molar-refractivity contribution in [2.24, 2.45) is 0 Å². The van der Waals surface area contributed by atoms with E-state index in [9.17, 15) is 0 Å². The van der Waals surface area contributed by atoms with Crippen LogP contribution in [0.5, 0.6) is 0 Å². The molecule has 0 aromatic carbocycles. The summed E-state index contributed by atoms with van der Waals surface area (Å²) in [6.07, 6.45) is 4.93. The van der Waals surface area contributed by atoms with Gasteiger partial charge in [-0.2, -0.15) is 0 Å². The minimum Gasteiger partial charge on any atom is -0.314 e. The summed E-state index contributed by atoms with van der Waals surface area (Å²) in [5.41, 5.74) is 0. The quantitative estimate of drug-likeness (QED) is 0.331. The van der Waals surface area contributed by atoms with Gasteiger partial charge in [-0.25, -0.2) is 0 Å².